The number of aryl methyl sites for hydroxylation is 4. The predicted octanol–water partition coefficient (Wildman–Crippen LogP) is 2.50. The Morgan fingerprint density at radius 1 is 1.29 bits per heavy atom. The summed E-state index contributed by atoms with van der Waals surface area (Å²) in [7, 11) is 1.99. The average molecular weight is 287 g/mol. The van der Waals surface area contributed by atoms with Crippen LogP contribution < -0.4 is 5.32 Å². The fourth-order valence-electron chi connectivity index (χ4n) is 2.55. The number of hydrogen-bond acceptors (Lipinski definition) is 4. The van der Waals surface area contributed by atoms with E-state index < -0.39 is 0 Å². The van der Waals surface area contributed by atoms with Crippen molar-refractivity contribution in [2.24, 2.45) is 7.05 Å². The molecule has 0 saturated carbocycles. The zero-order valence-corrected chi connectivity index (χ0v) is 13.4. The molecule has 0 aliphatic carbocycles. The Hall–Kier alpha value is -1.75. The van der Waals surface area contributed by atoms with E-state index in [1.165, 1.54) is 11.3 Å². The minimum Gasteiger partial charge on any atom is -0.310 e. The van der Waals surface area contributed by atoms with Crippen LogP contribution in [0.4, 0.5) is 0 Å². The van der Waals surface area contributed by atoms with Crippen molar-refractivity contribution in [3.8, 4) is 0 Å². The van der Waals surface area contributed by atoms with E-state index in [4.69, 9.17) is 0 Å². The zero-order chi connectivity index (χ0) is 15.2. The van der Waals surface area contributed by atoms with Crippen molar-refractivity contribution in [3.63, 3.8) is 0 Å². The summed E-state index contributed by atoms with van der Waals surface area (Å²) in [4.78, 5) is 0. The highest BCUT2D eigenvalue weighted by Crippen LogP contribution is 2.21. The van der Waals surface area contributed by atoms with Crippen LogP contribution in [0.5, 0.6) is 0 Å². The van der Waals surface area contributed by atoms with Gasteiger partial charge in [0.25, 0.3) is 0 Å². The normalized spacial score (nSPS) is 12.6. The second-order valence-corrected chi connectivity index (χ2v) is 5.52. The van der Waals surface area contributed by atoms with E-state index >= 15 is 0 Å². The average Bonchev–Trinajstić information content (AvgIpc) is 2.87. The lowest BCUT2D eigenvalue weighted by molar-refractivity contribution is 0.486. The van der Waals surface area contributed by atoms with Crippen LogP contribution in [0, 0.1) is 13.8 Å². The molecule has 0 radical (unpaired) electrons. The third kappa shape index (κ3) is 4.11. The van der Waals surface area contributed by atoms with Gasteiger partial charge in [-0.05, 0) is 57.4 Å². The lowest BCUT2D eigenvalue weighted by Gasteiger charge is -2.20. The SMILES string of the molecule is CCCNC(CCc1ccnn1C)c1cc(C)nnc1C. The molecule has 2 aromatic heterocycles. The third-order valence-electron chi connectivity index (χ3n) is 3.77. The monoisotopic (exact) mass is 287 g/mol. The molecule has 0 bridgehead atoms. The first-order valence-electron chi connectivity index (χ1n) is 7.63. The Morgan fingerprint density at radius 2 is 2.10 bits per heavy atom. The summed E-state index contributed by atoms with van der Waals surface area (Å²) >= 11 is 0. The molecule has 5 nitrogen and oxygen atoms in total. The van der Waals surface area contributed by atoms with Gasteiger partial charge in [0.1, 0.15) is 0 Å². The smallest absolute Gasteiger partial charge is 0.0648 e. The summed E-state index contributed by atoms with van der Waals surface area (Å²) in [5.74, 6) is 0. The molecule has 0 fully saturated rings. The van der Waals surface area contributed by atoms with Crippen molar-refractivity contribution in [1.82, 2.24) is 25.3 Å². The molecule has 114 valence electrons. The quantitative estimate of drug-likeness (QED) is 0.850. The molecule has 1 N–H and O–H groups in total. The van der Waals surface area contributed by atoms with Crippen molar-refractivity contribution in [2.75, 3.05) is 6.54 Å². The zero-order valence-electron chi connectivity index (χ0n) is 13.4. The molecule has 5 heteroatoms. The van der Waals surface area contributed by atoms with Gasteiger partial charge in [0.2, 0.25) is 0 Å². The minimum absolute atomic E-state index is 0.314. The van der Waals surface area contributed by atoms with E-state index in [2.05, 4.69) is 39.7 Å². The Morgan fingerprint density at radius 3 is 2.76 bits per heavy atom. The number of nitrogens with one attached hydrogen (secondary N) is 1. The lowest BCUT2D eigenvalue weighted by Crippen LogP contribution is -2.24. The molecule has 0 spiro atoms. The molecule has 0 aromatic carbocycles. The molecule has 0 aliphatic heterocycles. The van der Waals surface area contributed by atoms with Crippen molar-refractivity contribution in [3.05, 3.63) is 41.0 Å². The van der Waals surface area contributed by atoms with E-state index in [1.54, 1.807) is 0 Å². The molecule has 21 heavy (non-hydrogen) atoms. The van der Waals surface area contributed by atoms with Gasteiger partial charge in [-0.15, -0.1) is 0 Å². The van der Waals surface area contributed by atoms with Gasteiger partial charge in [0.05, 0.1) is 11.4 Å². The maximum atomic E-state index is 4.26. The van der Waals surface area contributed by atoms with E-state index in [9.17, 15) is 0 Å². The minimum atomic E-state index is 0.314. The Bertz CT molecular complexity index is 576. The molecule has 1 atom stereocenters. The van der Waals surface area contributed by atoms with Crippen LogP contribution in [0.2, 0.25) is 0 Å². The largest absolute Gasteiger partial charge is 0.310 e. The maximum absolute atomic E-state index is 4.26. The van der Waals surface area contributed by atoms with Gasteiger partial charge >= 0.3 is 0 Å². The molecule has 2 rings (SSSR count). The predicted molar refractivity (Wildman–Crippen MR) is 84.1 cm³/mol. The fraction of sp³-hybridized carbons (Fsp3) is 0.562. The van der Waals surface area contributed by atoms with Crippen molar-refractivity contribution < 1.29 is 0 Å². The topological polar surface area (TPSA) is 55.6 Å². The van der Waals surface area contributed by atoms with Crippen LogP contribution in [0.15, 0.2) is 18.3 Å². The Kier molecular flexibility index (Phi) is 5.44. The molecule has 0 amide bonds. The number of rotatable bonds is 7. The second kappa shape index (κ2) is 7.31. The second-order valence-electron chi connectivity index (χ2n) is 5.52. The summed E-state index contributed by atoms with van der Waals surface area (Å²) in [6.45, 7) is 7.23. The van der Waals surface area contributed by atoms with E-state index in [-0.39, 0.29) is 0 Å². The summed E-state index contributed by atoms with van der Waals surface area (Å²) < 4.78 is 1.94. The number of nitrogens with zero attached hydrogens (tertiary/aromatic N) is 4. The van der Waals surface area contributed by atoms with Gasteiger partial charge in [-0.2, -0.15) is 15.3 Å². The number of hydrogen-bond donors (Lipinski definition) is 1. The third-order valence-corrected chi connectivity index (χ3v) is 3.77. The maximum Gasteiger partial charge on any atom is 0.0648 e. The highest BCUT2D eigenvalue weighted by molar-refractivity contribution is 5.24. The van der Waals surface area contributed by atoms with Gasteiger partial charge in [-0.3, -0.25) is 4.68 Å². The van der Waals surface area contributed by atoms with Crippen LogP contribution >= 0.6 is 0 Å². The standard InChI is InChI=1S/C16H25N5/c1-5-9-17-16(7-6-14-8-10-18-21(14)4)15-11-12(2)19-20-13(15)3/h8,10-11,16-17H,5-7,9H2,1-4H3. The van der Waals surface area contributed by atoms with Crippen LogP contribution in [-0.2, 0) is 13.5 Å². The molecule has 2 aromatic rings. The van der Waals surface area contributed by atoms with Crippen LogP contribution in [0.25, 0.3) is 0 Å². The van der Waals surface area contributed by atoms with Gasteiger partial charge in [0.15, 0.2) is 0 Å². The van der Waals surface area contributed by atoms with Crippen LogP contribution in [0.1, 0.15) is 48.5 Å². The van der Waals surface area contributed by atoms with Crippen molar-refractivity contribution in [1.29, 1.82) is 0 Å². The van der Waals surface area contributed by atoms with Gasteiger partial charge in [-0.25, -0.2) is 0 Å². The lowest BCUT2D eigenvalue weighted by atomic mass is 9.99. The molecular formula is C16H25N5. The van der Waals surface area contributed by atoms with Crippen LogP contribution in [0.3, 0.4) is 0 Å². The molecule has 0 aliphatic rings. The highest BCUT2D eigenvalue weighted by Gasteiger charge is 2.15. The summed E-state index contributed by atoms with van der Waals surface area (Å²) in [5.41, 5.74) is 4.51. The Balaban J connectivity index is 2.13. The van der Waals surface area contributed by atoms with Crippen LogP contribution in [-0.4, -0.2) is 26.5 Å². The highest BCUT2D eigenvalue weighted by atomic mass is 15.2. The van der Waals surface area contributed by atoms with Crippen molar-refractivity contribution >= 4 is 0 Å². The van der Waals surface area contributed by atoms with E-state index in [0.717, 1.165) is 37.2 Å². The number of aromatic nitrogens is 4. The summed E-state index contributed by atoms with van der Waals surface area (Å²) in [5, 5.41) is 16.3. The van der Waals surface area contributed by atoms with Gasteiger partial charge < -0.3 is 5.32 Å². The Labute approximate surface area is 126 Å². The molecule has 0 saturated heterocycles. The van der Waals surface area contributed by atoms with E-state index in [0.29, 0.717) is 6.04 Å². The van der Waals surface area contributed by atoms with Gasteiger partial charge in [0, 0.05) is 25.0 Å². The van der Waals surface area contributed by atoms with Crippen molar-refractivity contribution in [2.45, 2.75) is 46.1 Å². The van der Waals surface area contributed by atoms with E-state index in [1.807, 2.05) is 31.8 Å². The first-order valence-corrected chi connectivity index (χ1v) is 7.63. The molecule has 1 unspecified atom stereocenters. The first-order chi connectivity index (χ1) is 10.1. The fourth-order valence-corrected chi connectivity index (χ4v) is 2.55. The van der Waals surface area contributed by atoms with Gasteiger partial charge in [-0.1, -0.05) is 6.92 Å². The summed E-state index contributed by atoms with van der Waals surface area (Å²) in [6, 6.07) is 4.55. The first kappa shape index (κ1) is 15.6. The summed E-state index contributed by atoms with van der Waals surface area (Å²) in [6.07, 6.45) is 5.01. The molecule has 2 heterocycles. The molecular weight excluding hydrogens is 262 g/mol.